The van der Waals surface area contributed by atoms with Gasteiger partial charge in [0.25, 0.3) is 0 Å². The van der Waals surface area contributed by atoms with E-state index in [0.717, 1.165) is 63.4 Å². The fraction of sp³-hybridized carbons (Fsp3) is 0.571. The van der Waals surface area contributed by atoms with Crippen molar-refractivity contribution in [3.8, 4) is 0 Å². The highest BCUT2D eigenvalue weighted by molar-refractivity contribution is 5.68. The Kier molecular flexibility index (Phi) is 10.1. The molecule has 1 aliphatic carbocycles. The Bertz CT molecular complexity index is 733. The molecular formula is C28H42O2. The van der Waals surface area contributed by atoms with E-state index in [1.807, 2.05) is 13.8 Å². The molecule has 0 aliphatic heterocycles. The number of hydrogen-bond acceptors (Lipinski definition) is 2. The topological polar surface area (TPSA) is 40.5 Å². The Balaban J connectivity index is 2.06. The molecule has 30 heavy (non-hydrogen) atoms. The number of benzene rings is 1. The van der Waals surface area contributed by atoms with Gasteiger partial charge in [0.1, 0.15) is 0 Å². The van der Waals surface area contributed by atoms with E-state index < -0.39 is 5.60 Å². The van der Waals surface area contributed by atoms with E-state index in [1.54, 1.807) is 0 Å². The van der Waals surface area contributed by atoms with E-state index in [9.17, 15) is 10.2 Å². The van der Waals surface area contributed by atoms with Crippen molar-refractivity contribution in [3.63, 3.8) is 0 Å². The van der Waals surface area contributed by atoms with E-state index in [0.29, 0.717) is 0 Å². The molecule has 1 saturated carbocycles. The van der Waals surface area contributed by atoms with Crippen LogP contribution in [0.2, 0.25) is 0 Å². The van der Waals surface area contributed by atoms with Gasteiger partial charge in [0, 0.05) is 0 Å². The lowest BCUT2D eigenvalue weighted by Crippen LogP contribution is -2.17. The van der Waals surface area contributed by atoms with Gasteiger partial charge in [0.2, 0.25) is 0 Å². The molecule has 2 heteroatoms. The molecule has 0 spiro atoms. The third kappa shape index (κ3) is 8.62. The molecule has 0 heterocycles. The molecule has 1 aromatic rings. The smallest absolute Gasteiger partial charge is 0.0787 e. The molecule has 166 valence electrons. The van der Waals surface area contributed by atoms with Crippen LogP contribution in [0.5, 0.6) is 0 Å². The molecule has 0 amide bonds. The monoisotopic (exact) mass is 410 g/mol. The number of aryl methyl sites for hydroxylation is 1. The molecule has 0 bridgehead atoms. The average molecular weight is 411 g/mol. The minimum atomic E-state index is -0.549. The maximum Gasteiger partial charge on any atom is 0.0787 e. The molecule has 2 N–H and O–H groups in total. The third-order valence-electron chi connectivity index (χ3n) is 6.08. The summed E-state index contributed by atoms with van der Waals surface area (Å²) in [6, 6.07) is 8.98. The van der Waals surface area contributed by atoms with E-state index in [-0.39, 0.29) is 6.10 Å². The molecule has 1 aliphatic rings. The van der Waals surface area contributed by atoms with E-state index >= 15 is 0 Å². The first-order chi connectivity index (χ1) is 14.3. The zero-order valence-corrected chi connectivity index (χ0v) is 19.4. The summed E-state index contributed by atoms with van der Waals surface area (Å²) in [5, 5.41) is 19.9. The average Bonchev–Trinajstić information content (AvgIpc) is 2.70. The highest BCUT2D eigenvalue weighted by atomic mass is 16.3. The van der Waals surface area contributed by atoms with Crippen LogP contribution in [0.25, 0.3) is 5.57 Å². The number of hydrogen-bond donors (Lipinski definition) is 2. The molecule has 1 fully saturated rings. The molecule has 1 aromatic carbocycles. The number of aliphatic hydroxyl groups is 2. The number of allylic oxidation sites excluding steroid dienone is 3. The fourth-order valence-electron chi connectivity index (χ4n) is 4.11. The third-order valence-corrected chi connectivity index (χ3v) is 6.08. The summed E-state index contributed by atoms with van der Waals surface area (Å²) in [4.78, 5) is 0. The van der Waals surface area contributed by atoms with Gasteiger partial charge in [-0.1, -0.05) is 69.2 Å². The van der Waals surface area contributed by atoms with Gasteiger partial charge in [-0.3, -0.25) is 0 Å². The largest absolute Gasteiger partial charge is 0.390 e. The van der Waals surface area contributed by atoms with Gasteiger partial charge in [-0.15, -0.1) is 0 Å². The van der Waals surface area contributed by atoms with Crippen LogP contribution in [0.15, 0.2) is 54.1 Å². The minimum absolute atomic E-state index is 0.378. The Labute approximate surface area is 184 Å². The van der Waals surface area contributed by atoms with Crippen LogP contribution in [0, 0.1) is 0 Å². The second-order valence-corrected chi connectivity index (χ2v) is 9.49. The molecule has 0 saturated heterocycles. The van der Waals surface area contributed by atoms with Crippen molar-refractivity contribution in [2.24, 2.45) is 0 Å². The normalized spacial score (nSPS) is 19.5. The Morgan fingerprint density at radius 1 is 1.20 bits per heavy atom. The molecular weight excluding hydrogens is 368 g/mol. The van der Waals surface area contributed by atoms with Gasteiger partial charge in [-0.05, 0) is 93.1 Å². The van der Waals surface area contributed by atoms with Crippen LogP contribution in [0.4, 0.5) is 0 Å². The molecule has 0 aromatic heterocycles. The lowest BCUT2D eigenvalue weighted by Gasteiger charge is -2.22. The summed E-state index contributed by atoms with van der Waals surface area (Å²) in [6.45, 7) is 10.1. The number of aliphatic hydroxyl groups excluding tert-OH is 1. The van der Waals surface area contributed by atoms with Crippen molar-refractivity contribution >= 4 is 5.57 Å². The van der Waals surface area contributed by atoms with Crippen molar-refractivity contribution in [1.29, 1.82) is 0 Å². The zero-order chi connectivity index (χ0) is 22.0. The van der Waals surface area contributed by atoms with Crippen molar-refractivity contribution < 1.29 is 10.2 Å². The molecule has 2 nitrogen and oxygen atoms in total. The first kappa shape index (κ1) is 24.6. The highest BCUT2D eigenvalue weighted by Gasteiger charge is 2.18. The van der Waals surface area contributed by atoms with Gasteiger partial charge in [0.15, 0.2) is 0 Å². The Morgan fingerprint density at radius 2 is 2.00 bits per heavy atom. The Morgan fingerprint density at radius 3 is 2.73 bits per heavy atom. The van der Waals surface area contributed by atoms with Crippen LogP contribution in [0.3, 0.4) is 0 Å². The van der Waals surface area contributed by atoms with E-state index in [4.69, 9.17) is 0 Å². The molecule has 2 rings (SSSR count). The van der Waals surface area contributed by atoms with Crippen molar-refractivity contribution in [2.45, 2.75) is 103 Å². The summed E-state index contributed by atoms with van der Waals surface area (Å²) < 4.78 is 0. The first-order valence-corrected chi connectivity index (χ1v) is 11.9. The first-order valence-electron chi connectivity index (χ1n) is 11.9. The van der Waals surface area contributed by atoms with Crippen molar-refractivity contribution in [3.05, 3.63) is 65.3 Å². The van der Waals surface area contributed by atoms with E-state index in [1.165, 1.54) is 35.1 Å². The van der Waals surface area contributed by atoms with Crippen LogP contribution in [0.1, 0.15) is 96.1 Å². The molecule has 0 radical (unpaired) electrons. The number of rotatable bonds is 11. The van der Waals surface area contributed by atoms with Gasteiger partial charge in [0.05, 0.1) is 11.7 Å². The Hall–Kier alpha value is -1.64. The lowest BCUT2D eigenvalue weighted by atomic mass is 9.87. The van der Waals surface area contributed by atoms with Crippen LogP contribution in [-0.4, -0.2) is 21.9 Å². The van der Waals surface area contributed by atoms with Crippen LogP contribution in [-0.2, 0) is 6.42 Å². The lowest BCUT2D eigenvalue weighted by molar-refractivity contribution is 0.0681. The maximum atomic E-state index is 10.1. The quantitative estimate of drug-likeness (QED) is 0.380. The SMILES string of the molecule is C=C1/C(=C\C=C(/CCCC)c2cccc(CCCCCC(C)(C)O)c2)CCCC1O. The highest BCUT2D eigenvalue weighted by Crippen LogP contribution is 2.29. The fourth-order valence-corrected chi connectivity index (χ4v) is 4.11. The predicted octanol–water partition coefficient (Wildman–Crippen LogP) is 7.16. The van der Waals surface area contributed by atoms with Gasteiger partial charge < -0.3 is 10.2 Å². The van der Waals surface area contributed by atoms with E-state index in [2.05, 4.69) is 49.9 Å². The van der Waals surface area contributed by atoms with Crippen molar-refractivity contribution in [2.75, 3.05) is 0 Å². The summed E-state index contributed by atoms with van der Waals surface area (Å²) >= 11 is 0. The van der Waals surface area contributed by atoms with Crippen LogP contribution < -0.4 is 0 Å². The summed E-state index contributed by atoms with van der Waals surface area (Å²) in [5.41, 5.74) is 5.63. The summed E-state index contributed by atoms with van der Waals surface area (Å²) in [7, 11) is 0. The van der Waals surface area contributed by atoms with Crippen molar-refractivity contribution in [1.82, 2.24) is 0 Å². The second-order valence-electron chi connectivity index (χ2n) is 9.49. The molecule has 1 unspecified atom stereocenters. The second kappa shape index (κ2) is 12.3. The van der Waals surface area contributed by atoms with Gasteiger partial charge in [-0.2, -0.15) is 0 Å². The zero-order valence-electron chi connectivity index (χ0n) is 19.4. The summed E-state index contributed by atoms with van der Waals surface area (Å²) in [5.74, 6) is 0. The number of unbranched alkanes of at least 4 members (excludes halogenated alkanes) is 3. The standard InChI is InChI=1S/C28H42O2/c1-5-6-14-25(19-18-24-15-11-17-27(29)22(24)2)26-16-10-13-23(21-26)12-8-7-9-20-28(3,4)30/h10,13,16,18-19,21,27,29-30H,2,5-9,11-12,14-15,17,20H2,1,3-4H3/b24-18-,25-19+. The molecule has 1 atom stereocenters. The minimum Gasteiger partial charge on any atom is -0.390 e. The maximum absolute atomic E-state index is 10.1. The van der Waals surface area contributed by atoms with Gasteiger partial charge >= 0.3 is 0 Å². The predicted molar refractivity (Wildman–Crippen MR) is 129 cm³/mol. The summed E-state index contributed by atoms with van der Waals surface area (Å²) in [6.07, 6.45) is 15.7. The van der Waals surface area contributed by atoms with Crippen LogP contribution >= 0.6 is 0 Å². The van der Waals surface area contributed by atoms with Gasteiger partial charge in [-0.25, -0.2) is 0 Å².